The van der Waals surface area contributed by atoms with E-state index >= 15 is 0 Å². The lowest BCUT2D eigenvalue weighted by molar-refractivity contribution is 0.415. The molecule has 0 aliphatic rings. The molecule has 0 saturated heterocycles. The molecule has 0 radical (unpaired) electrons. The first-order valence-corrected chi connectivity index (χ1v) is 11.8. The highest BCUT2D eigenvalue weighted by Gasteiger charge is 2.17. The van der Waals surface area contributed by atoms with Crippen LogP contribution in [0, 0.1) is 0 Å². The smallest absolute Gasteiger partial charge is 0.229 e. The van der Waals surface area contributed by atoms with Crippen LogP contribution in [0.3, 0.4) is 0 Å². The molecule has 0 amide bonds. The van der Waals surface area contributed by atoms with Crippen molar-refractivity contribution in [3.05, 3.63) is 66.7 Å². The van der Waals surface area contributed by atoms with Crippen molar-refractivity contribution in [1.29, 1.82) is 0 Å². The van der Waals surface area contributed by atoms with Crippen LogP contribution in [0.1, 0.15) is 6.92 Å². The Morgan fingerprint density at radius 1 is 0.968 bits per heavy atom. The van der Waals surface area contributed by atoms with Crippen LogP contribution in [-0.2, 0) is 16.6 Å². The van der Waals surface area contributed by atoms with Crippen LogP contribution < -0.4 is 15.2 Å². The third-order valence-corrected chi connectivity index (χ3v) is 5.89. The lowest BCUT2D eigenvalue weighted by atomic mass is 10.0. The molecule has 3 aromatic carbocycles. The minimum absolute atomic E-state index is 0.518. The summed E-state index contributed by atoms with van der Waals surface area (Å²) in [6.07, 6.45) is 1.13. The molecule has 4 aromatic rings. The zero-order chi connectivity index (χ0) is 22.2. The highest BCUT2D eigenvalue weighted by Crippen LogP contribution is 2.38. The summed E-state index contributed by atoms with van der Waals surface area (Å²) in [6.45, 7) is 2.84. The van der Waals surface area contributed by atoms with E-state index in [0.29, 0.717) is 11.4 Å². The van der Waals surface area contributed by atoms with Gasteiger partial charge >= 0.3 is 0 Å². The number of fused-ring (bicyclic) bond motifs is 1. The van der Waals surface area contributed by atoms with Crippen molar-refractivity contribution in [3.63, 3.8) is 0 Å². The molecule has 0 saturated carbocycles. The van der Waals surface area contributed by atoms with Crippen molar-refractivity contribution in [2.75, 3.05) is 23.8 Å². The molecule has 3 N–H and O–H groups in total. The Labute approximate surface area is 182 Å². The largest absolute Gasteiger partial charge is 0.497 e. The number of ether oxygens (including phenoxy) is 1. The summed E-state index contributed by atoms with van der Waals surface area (Å²) in [6, 6.07) is 21.5. The van der Waals surface area contributed by atoms with Crippen LogP contribution in [0.2, 0.25) is 0 Å². The molecule has 1 aromatic heterocycles. The highest BCUT2D eigenvalue weighted by atomic mass is 32.2. The molecule has 0 spiro atoms. The number of sulfonamides is 1. The molecule has 31 heavy (non-hydrogen) atoms. The first-order chi connectivity index (χ1) is 14.8. The van der Waals surface area contributed by atoms with E-state index < -0.39 is 10.0 Å². The molecular weight excluding hydrogens is 410 g/mol. The molecule has 7 heteroatoms. The number of benzene rings is 3. The molecule has 0 aliphatic heterocycles. The van der Waals surface area contributed by atoms with Crippen molar-refractivity contribution < 1.29 is 13.2 Å². The van der Waals surface area contributed by atoms with Gasteiger partial charge in [-0.3, -0.25) is 4.72 Å². The van der Waals surface area contributed by atoms with E-state index in [4.69, 9.17) is 10.5 Å². The fraction of sp³-hybridized carbons (Fsp3) is 0.167. The van der Waals surface area contributed by atoms with Gasteiger partial charge in [0.25, 0.3) is 0 Å². The van der Waals surface area contributed by atoms with Gasteiger partial charge in [0.05, 0.1) is 30.3 Å². The molecule has 0 bridgehead atoms. The zero-order valence-electron chi connectivity index (χ0n) is 17.7. The second-order valence-corrected chi connectivity index (χ2v) is 9.17. The first-order valence-electron chi connectivity index (χ1n) is 9.95. The number of methoxy groups -OCH3 is 1. The van der Waals surface area contributed by atoms with Crippen molar-refractivity contribution in [1.82, 2.24) is 4.57 Å². The number of anilines is 2. The van der Waals surface area contributed by atoms with E-state index in [1.807, 2.05) is 36.4 Å². The second kappa shape index (κ2) is 8.00. The topological polar surface area (TPSA) is 86.4 Å². The van der Waals surface area contributed by atoms with Crippen LogP contribution in [-0.4, -0.2) is 26.4 Å². The number of rotatable bonds is 6. The Hall–Kier alpha value is -3.45. The van der Waals surface area contributed by atoms with Gasteiger partial charge in [-0.1, -0.05) is 30.3 Å². The molecular formula is C24H25N3O3S. The summed E-state index contributed by atoms with van der Waals surface area (Å²) in [5.41, 5.74) is 12.9. The van der Waals surface area contributed by atoms with Gasteiger partial charge in [0.15, 0.2) is 0 Å². The molecule has 0 unspecified atom stereocenters. The SMILES string of the molecule is CCn1c(-c2ccc(NS(C)(=O)=O)cc2)c(N)c2cc(-c3cccc(OC)c3)ccc21. The van der Waals surface area contributed by atoms with Crippen LogP contribution in [0.4, 0.5) is 11.4 Å². The van der Waals surface area contributed by atoms with Gasteiger partial charge in [0.1, 0.15) is 5.75 Å². The van der Waals surface area contributed by atoms with Crippen LogP contribution >= 0.6 is 0 Å². The Morgan fingerprint density at radius 3 is 2.29 bits per heavy atom. The summed E-state index contributed by atoms with van der Waals surface area (Å²) < 4.78 is 33.0. The van der Waals surface area contributed by atoms with Crippen LogP contribution in [0.5, 0.6) is 5.75 Å². The quantitative estimate of drug-likeness (QED) is 0.448. The Morgan fingerprint density at radius 2 is 1.65 bits per heavy atom. The molecule has 4 rings (SSSR count). The molecule has 0 fully saturated rings. The van der Waals surface area contributed by atoms with Crippen molar-refractivity contribution in [2.45, 2.75) is 13.5 Å². The summed E-state index contributed by atoms with van der Waals surface area (Å²) in [7, 11) is -1.66. The number of nitrogens with zero attached hydrogens (tertiary/aromatic N) is 1. The average molecular weight is 436 g/mol. The predicted molar refractivity (Wildman–Crippen MR) is 128 cm³/mol. The lowest BCUT2D eigenvalue weighted by Gasteiger charge is -2.10. The third-order valence-electron chi connectivity index (χ3n) is 5.28. The fourth-order valence-electron chi connectivity index (χ4n) is 3.91. The summed E-state index contributed by atoms with van der Waals surface area (Å²) >= 11 is 0. The average Bonchev–Trinajstić information content (AvgIpc) is 3.04. The van der Waals surface area contributed by atoms with E-state index in [1.165, 1.54) is 0 Å². The number of aromatic nitrogens is 1. The number of aryl methyl sites for hydroxylation is 1. The van der Waals surface area contributed by atoms with Crippen LogP contribution in [0.25, 0.3) is 33.3 Å². The monoisotopic (exact) mass is 435 g/mol. The van der Waals surface area contributed by atoms with Gasteiger partial charge < -0.3 is 15.0 Å². The van der Waals surface area contributed by atoms with E-state index in [0.717, 1.165) is 51.8 Å². The maximum absolute atomic E-state index is 11.5. The zero-order valence-corrected chi connectivity index (χ0v) is 18.5. The van der Waals surface area contributed by atoms with Crippen molar-refractivity contribution in [3.8, 4) is 28.1 Å². The number of nitrogens with one attached hydrogen (secondary N) is 1. The van der Waals surface area contributed by atoms with Gasteiger partial charge in [-0.15, -0.1) is 0 Å². The molecule has 1 heterocycles. The van der Waals surface area contributed by atoms with Crippen molar-refractivity contribution in [2.24, 2.45) is 0 Å². The third kappa shape index (κ3) is 4.09. The molecule has 0 aliphatic carbocycles. The highest BCUT2D eigenvalue weighted by molar-refractivity contribution is 7.92. The summed E-state index contributed by atoms with van der Waals surface area (Å²) in [5, 5.41) is 0.982. The number of hydrogen-bond donors (Lipinski definition) is 2. The van der Waals surface area contributed by atoms with Gasteiger partial charge in [-0.2, -0.15) is 0 Å². The molecule has 6 nitrogen and oxygen atoms in total. The maximum atomic E-state index is 11.5. The van der Waals surface area contributed by atoms with E-state index in [2.05, 4.69) is 34.4 Å². The normalized spacial score (nSPS) is 11.6. The summed E-state index contributed by atoms with van der Waals surface area (Å²) in [4.78, 5) is 0. The minimum Gasteiger partial charge on any atom is -0.497 e. The molecule has 0 atom stereocenters. The van der Waals surface area contributed by atoms with Crippen LogP contribution in [0.15, 0.2) is 66.7 Å². The maximum Gasteiger partial charge on any atom is 0.229 e. The molecule has 160 valence electrons. The van der Waals surface area contributed by atoms with Gasteiger partial charge in [-0.25, -0.2) is 8.42 Å². The number of nitrogen functional groups attached to an aromatic ring is 1. The van der Waals surface area contributed by atoms with Crippen molar-refractivity contribution >= 4 is 32.3 Å². The van der Waals surface area contributed by atoms with Gasteiger partial charge in [0, 0.05) is 23.2 Å². The Bertz CT molecular complexity index is 1360. The Kier molecular flexibility index (Phi) is 5.37. The summed E-state index contributed by atoms with van der Waals surface area (Å²) in [5.74, 6) is 0.806. The van der Waals surface area contributed by atoms with E-state index in [1.54, 1.807) is 19.2 Å². The fourth-order valence-corrected chi connectivity index (χ4v) is 4.48. The van der Waals surface area contributed by atoms with Gasteiger partial charge in [0.2, 0.25) is 10.0 Å². The number of hydrogen-bond acceptors (Lipinski definition) is 4. The van der Waals surface area contributed by atoms with E-state index in [9.17, 15) is 8.42 Å². The first kappa shape index (κ1) is 20.8. The Balaban J connectivity index is 1.82. The standard InChI is InChI=1S/C24H25N3O3S/c1-4-27-22-13-10-18(17-6-5-7-20(14-17)30-2)15-21(22)23(25)24(27)16-8-11-19(12-9-16)26-31(3,28)29/h5-15,26H,4,25H2,1-3H3. The number of nitrogens with two attached hydrogens (primary N) is 1. The lowest BCUT2D eigenvalue weighted by Crippen LogP contribution is -2.09. The minimum atomic E-state index is -3.32. The predicted octanol–water partition coefficient (Wildman–Crippen LogP) is 4.96. The second-order valence-electron chi connectivity index (χ2n) is 7.42. The van der Waals surface area contributed by atoms with E-state index in [-0.39, 0.29) is 0 Å². The van der Waals surface area contributed by atoms with Gasteiger partial charge in [-0.05, 0) is 54.4 Å².